The Labute approximate surface area is 108 Å². The zero-order valence-electron chi connectivity index (χ0n) is 8.86. The molecule has 1 rings (SSSR count). The van der Waals surface area contributed by atoms with Gasteiger partial charge in [0.05, 0.1) is 0 Å². The van der Waals surface area contributed by atoms with E-state index in [1.54, 1.807) is 0 Å². The Bertz CT molecular complexity index is 385. The Balaban J connectivity index is 2.57. The summed E-state index contributed by atoms with van der Waals surface area (Å²) in [7, 11) is 0. The van der Waals surface area contributed by atoms with E-state index in [2.05, 4.69) is 25.4 Å². The molecule has 0 unspecified atom stereocenters. The normalized spacial score (nSPS) is 11.7. The summed E-state index contributed by atoms with van der Waals surface area (Å²) in [6.45, 7) is -2.43. The highest BCUT2D eigenvalue weighted by Gasteiger charge is 2.27. The van der Waals surface area contributed by atoms with Crippen molar-refractivity contribution in [3.8, 4) is 5.75 Å². The number of alkyl halides is 4. The Morgan fingerprint density at radius 2 is 1.67 bits per heavy atom. The quantitative estimate of drug-likeness (QED) is 0.353. The van der Waals surface area contributed by atoms with Gasteiger partial charge in [-0.05, 0) is 17.7 Å². The summed E-state index contributed by atoms with van der Waals surface area (Å²) in [5.41, 5.74) is 0.341. The Kier molecular flexibility index (Phi) is 5.33. The van der Waals surface area contributed by atoms with Crippen LogP contribution in [0.2, 0.25) is 0 Å². The molecule has 0 saturated carbocycles. The molecule has 0 fully saturated rings. The molecule has 2 nitrogen and oxygen atoms in total. The first kappa shape index (κ1) is 15.2. The number of hydrogen-bond acceptors (Lipinski definition) is 2. The van der Waals surface area contributed by atoms with E-state index >= 15 is 0 Å². The van der Waals surface area contributed by atoms with Crippen LogP contribution in [0.25, 0.3) is 0 Å². The maximum absolute atomic E-state index is 13.3. The summed E-state index contributed by atoms with van der Waals surface area (Å²) in [5.74, 6) is -2.76. The second-order valence-electron chi connectivity index (χ2n) is 3.25. The average Bonchev–Trinajstić information content (AvgIpc) is 2.25. The van der Waals surface area contributed by atoms with Crippen LogP contribution in [0.15, 0.2) is 12.1 Å². The molecule has 0 radical (unpaired) electrons. The predicted octanol–water partition coefficient (Wildman–Crippen LogP) is 3.77. The molecule has 0 atom stereocenters. The van der Waals surface area contributed by atoms with Crippen LogP contribution in [0, 0.1) is 11.6 Å². The summed E-state index contributed by atoms with van der Waals surface area (Å²) < 4.78 is 70.3. The zero-order chi connectivity index (χ0) is 13.8. The fraction of sp³-hybridized carbons (Fsp3) is 0.400. The van der Waals surface area contributed by atoms with Gasteiger partial charge < -0.3 is 9.47 Å². The van der Waals surface area contributed by atoms with Crippen LogP contribution in [0.1, 0.15) is 5.56 Å². The molecule has 1 aromatic carbocycles. The van der Waals surface area contributed by atoms with Crippen LogP contribution in [0.3, 0.4) is 0 Å². The van der Waals surface area contributed by atoms with E-state index in [1.165, 1.54) is 0 Å². The van der Waals surface area contributed by atoms with Gasteiger partial charge in [0.1, 0.15) is 6.61 Å². The van der Waals surface area contributed by atoms with Crippen molar-refractivity contribution in [3.63, 3.8) is 0 Å². The molecule has 0 aliphatic carbocycles. The fourth-order valence-electron chi connectivity index (χ4n) is 1.09. The van der Waals surface area contributed by atoms with Crippen molar-refractivity contribution in [1.29, 1.82) is 0 Å². The highest BCUT2D eigenvalue weighted by Crippen LogP contribution is 2.24. The topological polar surface area (TPSA) is 18.5 Å². The van der Waals surface area contributed by atoms with Crippen LogP contribution in [-0.4, -0.2) is 19.6 Å². The maximum atomic E-state index is 13.3. The standard InChI is InChI=1S/C10H8BrF5O2/c11-3-6-1-7(12)9(8(13)2-6)18-5-17-4-10(14,15)16/h1-2H,3-5H2. The van der Waals surface area contributed by atoms with Gasteiger partial charge in [-0.1, -0.05) is 15.9 Å². The minimum absolute atomic E-state index is 0.242. The third-order valence-electron chi connectivity index (χ3n) is 1.76. The van der Waals surface area contributed by atoms with Gasteiger partial charge in [0, 0.05) is 5.33 Å². The van der Waals surface area contributed by atoms with Crippen LogP contribution >= 0.6 is 15.9 Å². The molecule has 0 aliphatic rings. The molecular formula is C10H8BrF5O2. The first-order valence-electron chi connectivity index (χ1n) is 4.64. The van der Waals surface area contributed by atoms with Gasteiger partial charge in [0.25, 0.3) is 0 Å². The van der Waals surface area contributed by atoms with Crippen molar-refractivity contribution >= 4 is 15.9 Å². The predicted molar refractivity (Wildman–Crippen MR) is 56.5 cm³/mol. The van der Waals surface area contributed by atoms with Gasteiger partial charge >= 0.3 is 6.18 Å². The molecule has 0 amide bonds. The molecule has 0 spiro atoms. The van der Waals surface area contributed by atoms with Gasteiger partial charge in [-0.15, -0.1) is 0 Å². The smallest absolute Gasteiger partial charge is 0.411 e. The third-order valence-corrected chi connectivity index (χ3v) is 2.41. The largest absolute Gasteiger partial charge is 0.461 e. The third kappa shape index (κ3) is 4.77. The van der Waals surface area contributed by atoms with Crippen LogP contribution in [-0.2, 0) is 10.1 Å². The van der Waals surface area contributed by atoms with Gasteiger partial charge in [-0.25, -0.2) is 8.78 Å². The molecule has 0 N–H and O–H groups in total. The monoisotopic (exact) mass is 334 g/mol. The Morgan fingerprint density at radius 1 is 1.11 bits per heavy atom. The van der Waals surface area contributed by atoms with E-state index in [4.69, 9.17) is 0 Å². The molecule has 0 bridgehead atoms. The highest BCUT2D eigenvalue weighted by molar-refractivity contribution is 9.08. The van der Waals surface area contributed by atoms with Crippen molar-refractivity contribution in [2.45, 2.75) is 11.5 Å². The van der Waals surface area contributed by atoms with Gasteiger partial charge in [0.2, 0.25) is 0 Å². The lowest BCUT2D eigenvalue weighted by Gasteiger charge is -2.11. The Hall–Kier alpha value is -0.890. The minimum Gasteiger partial charge on any atom is -0.461 e. The summed E-state index contributed by atoms with van der Waals surface area (Å²) in [4.78, 5) is 0. The fourth-order valence-corrected chi connectivity index (χ4v) is 1.41. The molecule has 1 aromatic rings. The first-order valence-corrected chi connectivity index (χ1v) is 5.77. The van der Waals surface area contributed by atoms with E-state index in [0.717, 1.165) is 12.1 Å². The Morgan fingerprint density at radius 3 is 2.11 bits per heavy atom. The lowest BCUT2D eigenvalue weighted by molar-refractivity contribution is -0.187. The second kappa shape index (κ2) is 6.33. The highest BCUT2D eigenvalue weighted by atomic mass is 79.9. The average molecular weight is 335 g/mol. The van der Waals surface area contributed by atoms with Gasteiger partial charge in [-0.3, -0.25) is 0 Å². The molecule has 18 heavy (non-hydrogen) atoms. The van der Waals surface area contributed by atoms with Crippen LogP contribution < -0.4 is 4.74 Å². The summed E-state index contributed by atoms with van der Waals surface area (Å²) in [6, 6.07) is 2.02. The lowest BCUT2D eigenvalue weighted by atomic mass is 10.2. The van der Waals surface area contributed by atoms with Crippen LogP contribution in [0.5, 0.6) is 5.75 Å². The molecule has 0 aliphatic heterocycles. The van der Waals surface area contributed by atoms with Gasteiger partial charge in [0.15, 0.2) is 24.2 Å². The van der Waals surface area contributed by atoms with E-state index in [9.17, 15) is 22.0 Å². The van der Waals surface area contributed by atoms with Crippen molar-refractivity contribution in [3.05, 3.63) is 29.3 Å². The molecular weight excluding hydrogens is 327 g/mol. The summed E-state index contributed by atoms with van der Waals surface area (Å²) >= 11 is 3.01. The number of rotatable bonds is 5. The molecule has 102 valence electrons. The number of ether oxygens (including phenoxy) is 2. The van der Waals surface area contributed by atoms with E-state index in [1.807, 2.05) is 0 Å². The second-order valence-corrected chi connectivity index (χ2v) is 3.81. The number of halogens is 6. The first-order chi connectivity index (χ1) is 8.33. The van der Waals surface area contributed by atoms with Crippen molar-refractivity contribution in [1.82, 2.24) is 0 Å². The van der Waals surface area contributed by atoms with E-state index < -0.39 is 37.0 Å². The number of benzene rings is 1. The van der Waals surface area contributed by atoms with Gasteiger partial charge in [-0.2, -0.15) is 13.2 Å². The molecule has 0 heterocycles. The molecule has 0 saturated heterocycles. The number of hydrogen-bond donors (Lipinski definition) is 0. The molecule has 0 aromatic heterocycles. The summed E-state index contributed by atoms with van der Waals surface area (Å²) in [6.07, 6.45) is -4.51. The lowest BCUT2D eigenvalue weighted by Crippen LogP contribution is -2.19. The van der Waals surface area contributed by atoms with Crippen molar-refractivity contribution in [2.75, 3.05) is 13.4 Å². The van der Waals surface area contributed by atoms with Crippen LogP contribution in [0.4, 0.5) is 22.0 Å². The van der Waals surface area contributed by atoms with Crippen molar-refractivity contribution < 1.29 is 31.4 Å². The van der Waals surface area contributed by atoms with E-state index in [0.29, 0.717) is 5.56 Å². The van der Waals surface area contributed by atoms with Crippen molar-refractivity contribution in [2.24, 2.45) is 0 Å². The zero-order valence-corrected chi connectivity index (χ0v) is 10.4. The SMILES string of the molecule is Fc1cc(CBr)cc(F)c1OCOCC(F)(F)F. The summed E-state index contributed by atoms with van der Waals surface area (Å²) in [5, 5.41) is 0.242. The van der Waals surface area contributed by atoms with E-state index in [-0.39, 0.29) is 5.33 Å². The maximum Gasteiger partial charge on any atom is 0.411 e. The minimum atomic E-state index is -4.51. The molecule has 8 heteroatoms.